The van der Waals surface area contributed by atoms with Crippen LogP contribution in [-0.4, -0.2) is 11.9 Å². The molecule has 110 valence electrons. The third-order valence-electron chi connectivity index (χ3n) is 3.03. The molecule has 0 heterocycles. The predicted octanol–water partition coefficient (Wildman–Crippen LogP) is 4.60. The van der Waals surface area contributed by atoms with E-state index in [4.69, 9.17) is 11.6 Å². The summed E-state index contributed by atoms with van der Waals surface area (Å²) < 4.78 is 13.6. The molecule has 2 rings (SSSR count). The summed E-state index contributed by atoms with van der Waals surface area (Å²) in [7, 11) is 0. The van der Waals surface area contributed by atoms with Crippen molar-refractivity contribution in [3.05, 3.63) is 68.9 Å². The van der Waals surface area contributed by atoms with Gasteiger partial charge in [-0.15, -0.1) is 0 Å². The molecule has 0 saturated carbocycles. The van der Waals surface area contributed by atoms with Gasteiger partial charge in [-0.1, -0.05) is 29.8 Å². The van der Waals surface area contributed by atoms with E-state index < -0.39 is 5.82 Å². The highest BCUT2D eigenvalue weighted by atomic mass is 79.9. The van der Waals surface area contributed by atoms with Gasteiger partial charge in [0.1, 0.15) is 5.82 Å². The summed E-state index contributed by atoms with van der Waals surface area (Å²) in [4.78, 5) is 12.1. The van der Waals surface area contributed by atoms with Gasteiger partial charge in [-0.05, 0) is 59.1 Å². The summed E-state index contributed by atoms with van der Waals surface area (Å²) in [5, 5.41) is 3.54. The first-order chi connectivity index (χ1) is 9.97. The van der Waals surface area contributed by atoms with Gasteiger partial charge < -0.3 is 5.32 Å². The van der Waals surface area contributed by atoms with Gasteiger partial charge in [-0.25, -0.2) is 4.39 Å². The molecule has 1 amide bonds. The number of halogens is 3. The number of nitrogens with one attached hydrogen (secondary N) is 1. The highest BCUT2D eigenvalue weighted by Gasteiger charge is 2.15. The number of benzene rings is 2. The zero-order chi connectivity index (χ0) is 15.4. The van der Waals surface area contributed by atoms with E-state index in [1.54, 1.807) is 6.07 Å². The number of carbonyl (C=O) groups is 1. The summed E-state index contributed by atoms with van der Waals surface area (Å²) >= 11 is 8.93. The Labute approximate surface area is 136 Å². The average molecular weight is 371 g/mol. The largest absolute Gasteiger partial charge is 0.349 e. The Morgan fingerprint density at radius 2 is 1.95 bits per heavy atom. The molecule has 2 aromatic carbocycles. The molecule has 0 aliphatic heterocycles. The minimum atomic E-state index is -0.451. The Morgan fingerprint density at radius 1 is 1.29 bits per heavy atom. The zero-order valence-corrected chi connectivity index (χ0v) is 13.7. The standard InChI is InChI=1S/C16H14BrClFNO/c1-10(9-11-5-7-12(18)8-6-11)20-16(21)13-3-2-4-14(19)15(13)17/h2-8,10H,9H2,1H3,(H,20,21). The second kappa shape index (κ2) is 7.05. The molecule has 0 aromatic heterocycles. The van der Waals surface area contributed by atoms with Crippen molar-refractivity contribution < 1.29 is 9.18 Å². The van der Waals surface area contributed by atoms with Gasteiger partial charge in [0, 0.05) is 11.1 Å². The fourth-order valence-electron chi connectivity index (χ4n) is 2.01. The molecule has 1 N–H and O–H groups in total. The molecule has 5 heteroatoms. The van der Waals surface area contributed by atoms with E-state index in [9.17, 15) is 9.18 Å². The lowest BCUT2D eigenvalue weighted by Gasteiger charge is -2.15. The van der Waals surface area contributed by atoms with Crippen molar-refractivity contribution in [2.45, 2.75) is 19.4 Å². The molecule has 2 aromatic rings. The number of rotatable bonds is 4. The van der Waals surface area contributed by atoms with Crippen molar-refractivity contribution in [1.82, 2.24) is 5.32 Å². The third-order valence-corrected chi connectivity index (χ3v) is 4.09. The molecule has 0 fully saturated rings. The summed E-state index contributed by atoms with van der Waals surface area (Å²) in [6, 6.07) is 11.8. The second-order valence-corrected chi connectivity index (χ2v) is 6.04. The summed E-state index contributed by atoms with van der Waals surface area (Å²) in [5.74, 6) is -0.754. The molecule has 0 bridgehead atoms. The lowest BCUT2D eigenvalue weighted by molar-refractivity contribution is 0.0939. The fourth-order valence-corrected chi connectivity index (χ4v) is 2.58. The minimum absolute atomic E-state index is 0.0751. The highest BCUT2D eigenvalue weighted by Crippen LogP contribution is 2.20. The van der Waals surface area contributed by atoms with Crippen molar-refractivity contribution in [3.8, 4) is 0 Å². The number of amides is 1. The Balaban J connectivity index is 2.02. The van der Waals surface area contributed by atoms with Crippen molar-refractivity contribution in [1.29, 1.82) is 0 Å². The first-order valence-electron chi connectivity index (χ1n) is 6.46. The smallest absolute Gasteiger partial charge is 0.252 e. The molecular formula is C16H14BrClFNO. The quantitative estimate of drug-likeness (QED) is 0.837. The van der Waals surface area contributed by atoms with Crippen molar-refractivity contribution >= 4 is 33.4 Å². The van der Waals surface area contributed by atoms with E-state index in [1.807, 2.05) is 31.2 Å². The Bertz CT molecular complexity index is 645. The number of hydrogen-bond donors (Lipinski definition) is 1. The van der Waals surface area contributed by atoms with Crippen LogP contribution >= 0.6 is 27.5 Å². The Kier molecular flexibility index (Phi) is 5.37. The summed E-state index contributed by atoms with van der Waals surface area (Å²) in [5.41, 5.74) is 1.36. The van der Waals surface area contributed by atoms with Crippen LogP contribution in [0.2, 0.25) is 5.02 Å². The van der Waals surface area contributed by atoms with Crippen molar-refractivity contribution in [2.75, 3.05) is 0 Å². The van der Waals surface area contributed by atoms with Gasteiger partial charge in [-0.2, -0.15) is 0 Å². The van der Waals surface area contributed by atoms with Crippen LogP contribution in [0.5, 0.6) is 0 Å². The van der Waals surface area contributed by atoms with Crippen LogP contribution in [0.3, 0.4) is 0 Å². The lowest BCUT2D eigenvalue weighted by atomic mass is 10.1. The molecule has 1 atom stereocenters. The van der Waals surface area contributed by atoms with Gasteiger partial charge in [0.15, 0.2) is 0 Å². The highest BCUT2D eigenvalue weighted by molar-refractivity contribution is 9.10. The van der Waals surface area contributed by atoms with Gasteiger partial charge in [0.25, 0.3) is 5.91 Å². The summed E-state index contributed by atoms with van der Waals surface area (Å²) in [6.45, 7) is 1.90. The molecule has 1 unspecified atom stereocenters. The third kappa shape index (κ3) is 4.29. The average Bonchev–Trinajstić information content (AvgIpc) is 2.44. The molecule has 0 spiro atoms. The van der Waals surface area contributed by atoms with Crippen molar-refractivity contribution in [3.63, 3.8) is 0 Å². The molecule has 0 saturated heterocycles. The van der Waals surface area contributed by atoms with Gasteiger partial charge in [-0.3, -0.25) is 4.79 Å². The second-order valence-electron chi connectivity index (χ2n) is 4.81. The Hall–Kier alpha value is -1.39. The van der Waals surface area contributed by atoms with Crippen molar-refractivity contribution in [2.24, 2.45) is 0 Å². The van der Waals surface area contributed by atoms with Crippen LogP contribution in [0.4, 0.5) is 4.39 Å². The van der Waals surface area contributed by atoms with Gasteiger partial charge in [0.2, 0.25) is 0 Å². The van der Waals surface area contributed by atoms with Crippen LogP contribution in [0.25, 0.3) is 0 Å². The molecule has 2 nitrogen and oxygen atoms in total. The zero-order valence-electron chi connectivity index (χ0n) is 11.4. The topological polar surface area (TPSA) is 29.1 Å². The molecular weight excluding hydrogens is 357 g/mol. The maximum atomic E-state index is 13.4. The SMILES string of the molecule is CC(Cc1ccc(Cl)cc1)NC(=O)c1cccc(F)c1Br. The predicted molar refractivity (Wildman–Crippen MR) is 86.2 cm³/mol. The van der Waals surface area contributed by atoms with Gasteiger partial charge >= 0.3 is 0 Å². The van der Waals surface area contributed by atoms with E-state index >= 15 is 0 Å². The number of carbonyl (C=O) groups excluding carboxylic acids is 1. The van der Waals surface area contributed by atoms with Crippen LogP contribution in [-0.2, 0) is 6.42 Å². The van der Waals surface area contributed by atoms with E-state index in [0.717, 1.165) is 5.56 Å². The normalized spacial score (nSPS) is 12.0. The van der Waals surface area contributed by atoms with Gasteiger partial charge in [0.05, 0.1) is 10.0 Å². The molecule has 21 heavy (non-hydrogen) atoms. The molecule has 0 aliphatic carbocycles. The minimum Gasteiger partial charge on any atom is -0.349 e. The molecule has 0 aliphatic rings. The van der Waals surface area contributed by atoms with E-state index in [2.05, 4.69) is 21.2 Å². The number of hydrogen-bond acceptors (Lipinski definition) is 1. The fraction of sp³-hybridized carbons (Fsp3) is 0.188. The monoisotopic (exact) mass is 369 g/mol. The first-order valence-corrected chi connectivity index (χ1v) is 7.64. The first kappa shape index (κ1) is 16.0. The maximum Gasteiger partial charge on any atom is 0.252 e. The Morgan fingerprint density at radius 3 is 2.62 bits per heavy atom. The van der Waals surface area contributed by atoms with Crippen LogP contribution in [0.1, 0.15) is 22.8 Å². The van der Waals surface area contributed by atoms with Crippen LogP contribution in [0.15, 0.2) is 46.9 Å². The maximum absolute atomic E-state index is 13.4. The van der Waals surface area contributed by atoms with Crippen LogP contribution in [0, 0.1) is 5.82 Å². The van der Waals surface area contributed by atoms with E-state index in [0.29, 0.717) is 11.4 Å². The summed E-state index contributed by atoms with van der Waals surface area (Å²) in [6.07, 6.45) is 0.676. The van der Waals surface area contributed by atoms with E-state index in [-0.39, 0.29) is 22.0 Å². The van der Waals surface area contributed by atoms with Crippen LogP contribution < -0.4 is 5.32 Å². The molecule has 0 radical (unpaired) electrons. The lowest BCUT2D eigenvalue weighted by Crippen LogP contribution is -2.34. The van der Waals surface area contributed by atoms with E-state index in [1.165, 1.54) is 12.1 Å².